The number of amides is 2. The van der Waals surface area contributed by atoms with Gasteiger partial charge in [-0.25, -0.2) is 0 Å². The lowest BCUT2D eigenvalue weighted by Gasteiger charge is -2.11. The Labute approximate surface area is 161 Å². The van der Waals surface area contributed by atoms with E-state index in [0.29, 0.717) is 16.7 Å². The molecule has 0 radical (unpaired) electrons. The largest absolute Gasteiger partial charge is 0.455 e. The number of para-hydroxylation sites is 1. The average Bonchev–Trinajstić information content (AvgIpc) is 3.53. The van der Waals surface area contributed by atoms with Crippen molar-refractivity contribution in [3.8, 4) is 11.3 Å². The summed E-state index contributed by atoms with van der Waals surface area (Å²) in [4.78, 5) is 37.3. The number of carbonyl (C=O) groups is 2. The predicted octanol–water partition coefficient (Wildman–Crippen LogP) is 2.78. The molecule has 1 fully saturated rings. The minimum absolute atomic E-state index is 0.118. The van der Waals surface area contributed by atoms with Crippen LogP contribution in [0.3, 0.4) is 0 Å². The third kappa shape index (κ3) is 3.53. The molecule has 6 heteroatoms. The highest BCUT2D eigenvalue weighted by molar-refractivity contribution is 6.06. The average molecular weight is 376 g/mol. The van der Waals surface area contributed by atoms with Crippen molar-refractivity contribution in [2.75, 3.05) is 6.54 Å². The lowest BCUT2D eigenvalue weighted by Crippen LogP contribution is -2.37. The Kier molecular flexibility index (Phi) is 4.69. The summed E-state index contributed by atoms with van der Waals surface area (Å²) in [5, 5.41) is 5.76. The van der Waals surface area contributed by atoms with Crippen molar-refractivity contribution in [2.45, 2.75) is 25.8 Å². The van der Waals surface area contributed by atoms with Crippen molar-refractivity contribution in [1.29, 1.82) is 0 Å². The molecule has 0 spiro atoms. The second kappa shape index (κ2) is 7.31. The molecule has 1 heterocycles. The summed E-state index contributed by atoms with van der Waals surface area (Å²) < 4.78 is 6.03. The van der Waals surface area contributed by atoms with Crippen molar-refractivity contribution in [1.82, 2.24) is 10.6 Å². The van der Waals surface area contributed by atoms with Crippen LogP contribution in [0.4, 0.5) is 0 Å². The van der Waals surface area contributed by atoms with Crippen molar-refractivity contribution >= 4 is 22.8 Å². The minimum Gasteiger partial charge on any atom is -0.455 e. The molecular weight excluding hydrogens is 356 g/mol. The predicted molar refractivity (Wildman–Crippen MR) is 106 cm³/mol. The zero-order valence-corrected chi connectivity index (χ0v) is 15.5. The van der Waals surface area contributed by atoms with Crippen LogP contribution in [0.5, 0.6) is 0 Å². The molecule has 142 valence electrons. The topological polar surface area (TPSA) is 88.4 Å². The molecule has 4 rings (SSSR count). The van der Waals surface area contributed by atoms with Gasteiger partial charge in [-0.15, -0.1) is 0 Å². The van der Waals surface area contributed by atoms with Crippen LogP contribution in [0.25, 0.3) is 22.3 Å². The van der Waals surface area contributed by atoms with E-state index in [9.17, 15) is 14.4 Å². The van der Waals surface area contributed by atoms with Crippen LogP contribution in [-0.2, 0) is 4.79 Å². The Morgan fingerprint density at radius 3 is 2.54 bits per heavy atom. The summed E-state index contributed by atoms with van der Waals surface area (Å²) in [7, 11) is 0. The van der Waals surface area contributed by atoms with Crippen LogP contribution in [-0.4, -0.2) is 24.4 Å². The number of fused-ring (bicyclic) bond motifs is 1. The van der Waals surface area contributed by atoms with Gasteiger partial charge in [-0.2, -0.15) is 0 Å². The molecule has 0 atom stereocenters. The van der Waals surface area contributed by atoms with Gasteiger partial charge < -0.3 is 15.1 Å². The first-order chi connectivity index (χ1) is 13.5. The molecule has 2 N–H and O–H groups in total. The van der Waals surface area contributed by atoms with Crippen LogP contribution in [0, 0.1) is 6.92 Å². The van der Waals surface area contributed by atoms with Crippen molar-refractivity contribution < 1.29 is 14.0 Å². The highest BCUT2D eigenvalue weighted by Crippen LogP contribution is 2.27. The van der Waals surface area contributed by atoms with E-state index in [4.69, 9.17) is 4.42 Å². The van der Waals surface area contributed by atoms with Gasteiger partial charge in [0, 0.05) is 17.2 Å². The van der Waals surface area contributed by atoms with Crippen LogP contribution >= 0.6 is 0 Å². The van der Waals surface area contributed by atoms with E-state index in [2.05, 4.69) is 10.6 Å². The lowest BCUT2D eigenvalue weighted by atomic mass is 10.0. The minimum atomic E-state index is -0.456. The monoisotopic (exact) mass is 376 g/mol. The van der Waals surface area contributed by atoms with Crippen molar-refractivity contribution in [2.24, 2.45) is 0 Å². The summed E-state index contributed by atoms with van der Waals surface area (Å²) in [6, 6.07) is 14.4. The quantitative estimate of drug-likeness (QED) is 0.717. The molecule has 0 unspecified atom stereocenters. The number of nitrogens with one attached hydrogen (secondary N) is 2. The zero-order valence-electron chi connectivity index (χ0n) is 15.5. The first-order valence-electron chi connectivity index (χ1n) is 9.24. The third-order valence-electron chi connectivity index (χ3n) is 4.78. The summed E-state index contributed by atoms with van der Waals surface area (Å²) in [6.45, 7) is 1.59. The highest BCUT2D eigenvalue weighted by atomic mass is 16.3. The molecule has 3 aromatic rings. The Balaban J connectivity index is 1.70. The number of rotatable bonds is 5. The summed E-state index contributed by atoms with van der Waals surface area (Å²) in [6.07, 6.45) is 1.96. The number of benzene rings is 2. The number of hydrogen-bond acceptors (Lipinski definition) is 4. The van der Waals surface area contributed by atoms with Gasteiger partial charge >= 0.3 is 0 Å². The van der Waals surface area contributed by atoms with Crippen LogP contribution in [0.2, 0.25) is 0 Å². The van der Waals surface area contributed by atoms with Crippen LogP contribution in [0.1, 0.15) is 28.8 Å². The van der Waals surface area contributed by atoms with Crippen LogP contribution in [0.15, 0.2) is 57.7 Å². The molecule has 2 amide bonds. The van der Waals surface area contributed by atoms with E-state index in [1.54, 1.807) is 25.1 Å². The van der Waals surface area contributed by atoms with E-state index in [0.717, 1.165) is 18.4 Å². The van der Waals surface area contributed by atoms with E-state index < -0.39 is 5.91 Å². The number of hydrogen-bond donors (Lipinski definition) is 2. The molecule has 1 aromatic heterocycles. The van der Waals surface area contributed by atoms with Gasteiger partial charge in [0.2, 0.25) is 5.91 Å². The molecular formula is C22H20N2O4. The Bertz CT molecular complexity index is 1110. The molecule has 0 saturated heterocycles. The fourth-order valence-corrected chi connectivity index (χ4v) is 3.12. The molecule has 0 bridgehead atoms. The van der Waals surface area contributed by atoms with Gasteiger partial charge in [0.05, 0.1) is 17.5 Å². The Morgan fingerprint density at radius 1 is 1.07 bits per heavy atom. The van der Waals surface area contributed by atoms with Gasteiger partial charge in [0.15, 0.2) is 11.0 Å². The maximum absolute atomic E-state index is 12.8. The molecule has 2 aromatic carbocycles. The maximum atomic E-state index is 12.8. The first kappa shape index (κ1) is 18.0. The summed E-state index contributed by atoms with van der Waals surface area (Å²) >= 11 is 0. The highest BCUT2D eigenvalue weighted by Gasteiger charge is 2.24. The van der Waals surface area contributed by atoms with Crippen molar-refractivity contribution in [3.05, 3.63) is 69.9 Å². The van der Waals surface area contributed by atoms with Gasteiger partial charge in [0.1, 0.15) is 5.76 Å². The second-order valence-corrected chi connectivity index (χ2v) is 6.96. The Morgan fingerprint density at radius 2 is 1.82 bits per heavy atom. The second-order valence-electron chi connectivity index (χ2n) is 6.96. The number of carbonyl (C=O) groups excluding carboxylic acids is 2. The van der Waals surface area contributed by atoms with Gasteiger partial charge in [-0.3, -0.25) is 14.4 Å². The molecule has 28 heavy (non-hydrogen) atoms. The third-order valence-corrected chi connectivity index (χ3v) is 4.78. The van der Waals surface area contributed by atoms with E-state index >= 15 is 0 Å². The normalized spacial score (nSPS) is 13.3. The molecule has 1 aliphatic rings. The van der Waals surface area contributed by atoms with Crippen molar-refractivity contribution in [3.63, 3.8) is 0 Å². The van der Waals surface area contributed by atoms with Gasteiger partial charge in [0.25, 0.3) is 5.91 Å². The smallest absolute Gasteiger partial charge is 0.255 e. The first-order valence-corrected chi connectivity index (χ1v) is 9.24. The lowest BCUT2D eigenvalue weighted by molar-refractivity contribution is -0.120. The summed E-state index contributed by atoms with van der Waals surface area (Å²) in [5.41, 5.74) is 1.52. The maximum Gasteiger partial charge on any atom is 0.255 e. The van der Waals surface area contributed by atoms with Gasteiger partial charge in [-0.05, 0) is 31.9 Å². The Hall–Kier alpha value is -3.41. The zero-order chi connectivity index (χ0) is 19.7. The van der Waals surface area contributed by atoms with E-state index in [-0.39, 0.29) is 35.1 Å². The fraction of sp³-hybridized carbons (Fsp3) is 0.227. The molecule has 6 nitrogen and oxygen atoms in total. The molecule has 0 aliphatic heterocycles. The van der Waals surface area contributed by atoms with Gasteiger partial charge in [-0.1, -0.05) is 36.4 Å². The van der Waals surface area contributed by atoms with E-state index in [1.165, 1.54) is 0 Å². The standard InChI is InChI=1S/C22H20N2O4/c1-13-19(26)16-8-5-9-17(22(27)23-12-18(25)24-15-10-11-15)21(16)28-20(13)14-6-3-2-4-7-14/h2-9,15H,10-12H2,1H3,(H,23,27)(H,24,25). The molecule has 1 saturated carbocycles. The van der Waals surface area contributed by atoms with E-state index in [1.807, 2.05) is 30.3 Å². The molecule has 1 aliphatic carbocycles. The summed E-state index contributed by atoms with van der Waals surface area (Å²) in [5.74, 6) is -0.245. The van der Waals surface area contributed by atoms with Crippen LogP contribution < -0.4 is 16.1 Å². The fourth-order valence-electron chi connectivity index (χ4n) is 3.12. The SMILES string of the molecule is Cc1c(-c2ccccc2)oc2c(C(=O)NCC(=O)NC3CC3)cccc2c1=O.